The van der Waals surface area contributed by atoms with Crippen molar-refractivity contribution in [2.24, 2.45) is 5.73 Å². The van der Waals surface area contributed by atoms with Gasteiger partial charge in [-0.15, -0.1) is 0 Å². The van der Waals surface area contributed by atoms with E-state index < -0.39 is 6.04 Å². The van der Waals surface area contributed by atoms with Gasteiger partial charge >= 0.3 is 6.03 Å². The van der Waals surface area contributed by atoms with Crippen LogP contribution >= 0.6 is 0 Å². The first-order valence-corrected chi connectivity index (χ1v) is 6.98. The maximum Gasteiger partial charge on any atom is 0.319 e. The van der Waals surface area contributed by atoms with Crippen LogP contribution in [0.3, 0.4) is 0 Å². The molecular weight excluding hydrogens is 244 g/mol. The highest BCUT2D eigenvalue weighted by Crippen LogP contribution is 2.08. The van der Waals surface area contributed by atoms with E-state index in [0.717, 1.165) is 19.3 Å². The summed E-state index contributed by atoms with van der Waals surface area (Å²) < 4.78 is 0. The Morgan fingerprint density at radius 3 is 2.16 bits per heavy atom. The molecule has 0 radical (unpaired) electrons. The minimum absolute atomic E-state index is 0.00220. The second-order valence-corrected chi connectivity index (χ2v) is 5.24. The van der Waals surface area contributed by atoms with Crippen LogP contribution in [0.15, 0.2) is 0 Å². The van der Waals surface area contributed by atoms with Crippen LogP contribution in [0.5, 0.6) is 0 Å². The molecule has 1 atom stereocenters. The van der Waals surface area contributed by atoms with Crippen molar-refractivity contribution >= 4 is 11.9 Å². The van der Waals surface area contributed by atoms with Crippen LogP contribution in [0.1, 0.15) is 26.2 Å². The number of hydrogen-bond donors (Lipinski definition) is 1. The number of hydrogen-bond acceptors (Lipinski definition) is 3. The maximum atomic E-state index is 12.1. The monoisotopic (exact) mass is 270 g/mol. The van der Waals surface area contributed by atoms with Crippen LogP contribution in [0, 0.1) is 0 Å². The van der Waals surface area contributed by atoms with Crippen molar-refractivity contribution in [3.05, 3.63) is 0 Å². The normalized spacial score (nSPS) is 17.3. The Labute approximate surface area is 115 Å². The van der Waals surface area contributed by atoms with Gasteiger partial charge in [-0.3, -0.25) is 4.79 Å². The van der Waals surface area contributed by atoms with Gasteiger partial charge in [-0.05, 0) is 6.42 Å². The predicted octanol–water partition coefficient (Wildman–Crippen LogP) is 0.330. The molecule has 0 aliphatic carbocycles. The van der Waals surface area contributed by atoms with Crippen LogP contribution in [0.4, 0.5) is 4.79 Å². The van der Waals surface area contributed by atoms with Crippen LogP contribution in [0.2, 0.25) is 0 Å². The molecule has 0 aromatic rings. The lowest BCUT2D eigenvalue weighted by molar-refractivity contribution is -0.134. The quantitative estimate of drug-likeness (QED) is 0.800. The molecule has 19 heavy (non-hydrogen) atoms. The molecule has 0 aromatic carbocycles. The number of carbonyl (C=O) groups excluding carboxylic acids is 2. The summed E-state index contributed by atoms with van der Waals surface area (Å²) in [7, 11) is 3.47. The van der Waals surface area contributed by atoms with Gasteiger partial charge < -0.3 is 20.4 Å². The lowest BCUT2D eigenvalue weighted by Crippen LogP contribution is -2.55. The lowest BCUT2D eigenvalue weighted by atomic mass is 10.1. The van der Waals surface area contributed by atoms with Crippen molar-refractivity contribution in [3.8, 4) is 0 Å². The summed E-state index contributed by atoms with van der Waals surface area (Å²) in [5.74, 6) is 0.0189. The molecule has 0 saturated carbocycles. The largest absolute Gasteiger partial charge is 0.338 e. The smallest absolute Gasteiger partial charge is 0.319 e. The lowest BCUT2D eigenvalue weighted by Gasteiger charge is -2.36. The minimum Gasteiger partial charge on any atom is -0.338 e. The predicted molar refractivity (Wildman–Crippen MR) is 74.7 cm³/mol. The highest BCUT2D eigenvalue weighted by molar-refractivity contribution is 5.82. The molecule has 6 nitrogen and oxygen atoms in total. The Morgan fingerprint density at radius 1 is 1.16 bits per heavy atom. The molecule has 0 aromatic heterocycles. The number of nitrogens with two attached hydrogens (primary N) is 1. The van der Waals surface area contributed by atoms with E-state index in [4.69, 9.17) is 5.73 Å². The van der Waals surface area contributed by atoms with E-state index in [9.17, 15) is 9.59 Å². The second kappa shape index (κ2) is 7.33. The van der Waals surface area contributed by atoms with E-state index in [0.29, 0.717) is 26.2 Å². The molecule has 1 unspecified atom stereocenters. The molecule has 2 N–H and O–H groups in total. The molecule has 1 rings (SSSR count). The van der Waals surface area contributed by atoms with E-state index in [1.54, 1.807) is 28.8 Å². The van der Waals surface area contributed by atoms with E-state index in [1.807, 2.05) is 0 Å². The van der Waals surface area contributed by atoms with Crippen molar-refractivity contribution < 1.29 is 9.59 Å². The average molecular weight is 270 g/mol. The minimum atomic E-state index is -0.393. The van der Waals surface area contributed by atoms with E-state index >= 15 is 0 Å². The van der Waals surface area contributed by atoms with Gasteiger partial charge in [-0.1, -0.05) is 19.8 Å². The number of carbonyl (C=O) groups is 2. The highest BCUT2D eigenvalue weighted by Gasteiger charge is 2.27. The fourth-order valence-corrected chi connectivity index (χ4v) is 2.18. The summed E-state index contributed by atoms with van der Waals surface area (Å²) in [6, 6.07) is -0.390. The molecule has 3 amide bonds. The van der Waals surface area contributed by atoms with E-state index in [2.05, 4.69) is 6.92 Å². The summed E-state index contributed by atoms with van der Waals surface area (Å²) in [5, 5.41) is 0. The summed E-state index contributed by atoms with van der Waals surface area (Å²) in [6.45, 7) is 4.42. The Balaban J connectivity index is 2.41. The van der Waals surface area contributed by atoms with Crippen LogP contribution in [0.25, 0.3) is 0 Å². The number of piperazine rings is 1. The zero-order valence-corrected chi connectivity index (χ0v) is 12.3. The number of urea groups is 1. The number of nitrogens with zero attached hydrogens (tertiary/aromatic N) is 3. The van der Waals surface area contributed by atoms with Gasteiger partial charge in [-0.2, -0.15) is 0 Å². The molecule has 1 saturated heterocycles. The van der Waals surface area contributed by atoms with Crippen LogP contribution in [-0.4, -0.2) is 73.0 Å². The van der Waals surface area contributed by atoms with Gasteiger partial charge in [0.25, 0.3) is 0 Å². The second-order valence-electron chi connectivity index (χ2n) is 5.24. The third kappa shape index (κ3) is 4.38. The summed E-state index contributed by atoms with van der Waals surface area (Å²) in [5.41, 5.74) is 5.90. The first-order chi connectivity index (χ1) is 8.97. The molecule has 0 spiro atoms. The van der Waals surface area contributed by atoms with Crippen molar-refractivity contribution in [2.45, 2.75) is 32.2 Å². The zero-order valence-electron chi connectivity index (χ0n) is 12.3. The molecule has 110 valence electrons. The SMILES string of the molecule is CCCCC(N)C(=O)N1CCN(C(=O)N(C)C)CC1. The average Bonchev–Trinajstić information content (AvgIpc) is 2.43. The zero-order chi connectivity index (χ0) is 14.4. The fourth-order valence-electron chi connectivity index (χ4n) is 2.18. The van der Waals surface area contributed by atoms with Gasteiger partial charge in [-0.25, -0.2) is 4.79 Å². The molecule has 0 bridgehead atoms. The van der Waals surface area contributed by atoms with Crippen molar-refractivity contribution in [1.29, 1.82) is 0 Å². The standard InChI is InChI=1S/C13H26N4O2/c1-4-5-6-11(14)12(18)16-7-9-17(10-8-16)13(19)15(2)3/h11H,4-10,14H2,1-3H3. The van der Waals surface area contributed by atoms with Crippen molar-refractivity contribution in [3.63, 3.8) is 0 Å². The fraction of sp³-hybridized carbons (Fsp3) is 0.846. The Kier molecular flexibility index (Phi) is 6.08. The van der Waals surface area contributed by atoms with Crippen molar-refractivity contribution in [1.82, 2.24) is 14.7 Å². The topological polar surface area (TPSA) is 69.9 Å². The number of amides is 3. The maximum absolute atomic E-state index is 12.1. The molecule has 1 heterocycles. The Hall–Kier alpha value is -1.30. The van der Waals surface area contributed by atoms with Gasteiger partial charge in [0, 0.05) is 40.3 Å². The third-order valence-corrected chi connectivity index (χ3v) is 3.43. The number of unbranched alkanes of at least 4 members (excludes halogenated alkanes) is 1. The van der Waals surface area contributed by atoms with Crippen LogP contribution < -0.4 is 5.73 Å². The first-order valence-electron chi connectivity index (χ1n) is 6.98. The third-order valence-electron chi connectivity index (χ3n) is 3.43. The van der Waals surface area contributed by atoms with Gasteiger partial charge in [0.15, 0.2) is 0 Å². The van der Waals surface area contributed by atoms with Gasteiger partial charge in [0.2, 0.25) is 5.91 Å². The summed E-state index contributed by atoms with van der Waals surface area (Å²) in [4.78, 5) is 29.0. The number of rotatable bonds is 4. The Morgan fingerprint density at radius 2 is 1.68 bits per heavy atom. The highest BCUT2D eigenvalue weighted by atomic mass is 16.2. The summed E-state index contributed by atoms with van der Waals surface area (Å²) in [6.07, 6.45) is 2.77. The molecule has 6 heteroatoms. The van der Waals surface area contributed by atoms with Crippen LogP contribution in [-0.2, 0) is 4.79 Å². The molecule has 1 aliphatic heterocycles. The molecular formula is C13H26N4O2. The Bertz CT molecular complexity index is 312. The van der Waals surface area contributed by atoms with E-state index in [1.165, 1.54) is 0 Å². The van der Waals surface area contributed by atoms with E-state index in [-0.39, 0.29) is 11.9 Å². The first kappa shape index (κ1) is 15.8. The molecule has 1 aliphatic rings. The summed E-state index contributed by atoms with van der Waals surface area (Å²) >= 11 is 0. The van der Waals surface area contributed by atoms with Crippen molar-refractivity contribution in [2.75, 3.05) is 40.3 Å². The van der Waals surface area contributed by atoms with Gasteiger partial charge in [0.05, 0.1) is 6.04 Å². The van der Waals surface area contributed by atoms with Gasteiger partial charge in [0.1, 0.15) is 0 Å². The molecule has 1 fully saturated rings.